The second kappa shape index (κ2) is 4.05. The van der Waals surface area contributed by atoms with Crippen LogP contribution in [0.1, 0.15) is 22.3 Å². The molecule has 0 saturated heterocycles. The van der Waals surface area contributed by atoms with Gasteiger partial charge in [-0.2, -0.15) is 21.0 Å². The van der Waals surface area contributed by atoms with Gasteiger partial charge in [-0.3, -0.25) is 0 Å². The standard InChI is InChI=1S/C10F2N4/c11-9-5(1-13)6(2-14)10(12)8(4-16)7(9)3-15. The van der Waals surface area contributed by atoms with Crippen LogP contribution >= 0.6 is 0 Å². The van der Waals surface area contributed by atoms with E-state index in [4.69, 9.17) is 21.0 Å². The maximum Gasteiger partial charge on any atom is 0.161 e. The van der Waals surface area contributed by atoms with Crippen LogP contribution in [-0.2, 0) is 0 Å². The molecule has 1 aromatic carbocycles. The molecule has 16 heavy (non-hydrogen) atoms. The highest BCUT2D eigenvalue weighted by Gasteiger charge is 2.24. The maximum atomic E-state index is 13.4. The second-order valence-electron chi connectivity index (χ2n) is 2.58. The van der Waals surface area contributed by atoms with Crippen molar-refractivity contribution in [3.05, 3.63) is 33.9 Å². The van der Waals surface area contributed by atoms with Gasteiger partial charge in [-0.05, 0) is 0 Å². The van der Waals surface area contributed by atoms with Crippen LogP contribution in [0, 0.1) is 57.0 Å². The Morgan fingerprint density at radius 1 is 0.562 bits per heavy atom. The smallest absolute Gasteiger partial charge is 0.161 e. The highest BCUT2D eigenvalue weighted by molar-refractivity contribution is 5.59. The van der Waals surface area contributed by atoms with Gasteiger partial charge in [-0.15, -0.1) is 0 Å². The molecule has 0 aliphatic rings. The van der Waals surface area contributed by atoms with E-state index in [1.807, 2.05) is 0 Å². The molecular weight excluding hydrogens is 214 g/mol. The van der Waals surface area contributed by atoms with E-state index in [0.717, 1.165) is 0 Å². The van der Waals surface area contributed by atoms with Gasteiger partial charge >= 0.3 is 0 Å². The molecule has 0 aliphatic heterocycles. The lowest BCUT2D eigenvalue weighted by Crippen LogP contribution is -2.03. The average molecular weight is 214 g/mol. The van der Waals surface area contributed by atoms with E-state index in [1.165, 1.54) is 24.3 Å². The van der Waals surface area contributed by atoms with Crippen LogP contribution < -0.4 is 0 Å². The molecular formula is C10F2N4. The van der Waals surface area contributed by atoms with Gasteiger partial charge in [0.25, 0.3) is 0 Å². The van der Waals surface area contributed by atoms with E-state index in [2.05, 4.69) is 0 Å². The van der Waals surface area contributed by atoms with E-state index >= 15 is 0 Å². The molecule has 0 spiro atoms. The number of nitrogens with zero attached hydrogens (tertiary/aromatic N) is 4. The highest BCUT2D eigenvalue weighted by atomic mass is 19.1. The third kappa shape index (κ3) is 1.32. The molecule has 0 heterocycles. The van der Waals surface area contributed by atoms with Gasteiger partial charge in [0.1, 0.15) is 46.5 Å². The van der Waals surface area contributed by atoms with Crippen LogP contribution in [0.5, 0.6) is 0 Å². The van der Waals surface area contributed by atoms with Gasteiger partial charge in [-0.25, -0.2) is 8.78 Å². The summed E-state index contributed by atoms with van der Waals surface area (Å²) in [7, 11) is 0. The summed E-state index contributed by atoms with van der Waals surface area (Å²) in [5.41, 5.74) is -3.46. The van der Waals surface area contributed by atoms with Crippen LogP contribution in [0.4, 0.5) is 8.78 Å². The molecule has 0 aliphatic carbocycles. The van der Waals surface area contributed by atoms with Crippen molar-refractivity contribution in [3.8, 4) is 24.3 Å². The Morgan fingerprint density at radius 2 is 0.750 bits per heavy atom. The topological polar surface area (TPSA) is 95.2 Å². The summed E-state index contributed by atoms with van der Waals surface area (Å²) >= 11 is 0. The molecule has 1 rings (SSSR count). The fourth-order valence-electron chi connectivity index (χ4n) is 1.11. The van der Waals surface area contributed by atoms with Gasteiger partial charge in [-0.1, -0.05) is 0 Å². The molecule has 0 N–H and O–H groups in total. The lowest BCUT2D eigenvalue weighted by atomic mass is 9.99. The van der Waals surface area contributed by atoms with E-state index in [9.17, 15) is 8.78 Å². The normalized spacial score (nSPS) is 8.38. The Morgan fingerprint density at radius 3 is 0.875 bits per heavy atom. The quantitative estimate of drug-likeness (QED) is 0.652. The van der Waals surface area contributed by atoms with E-state index < -0.39 is 33.9 Å². The highest BCUT2D eigenvalue weighted by Crippen LogP contribution is 2.24. The van der Waals surface area contributed by atoms with Crippen LogP contribution in [-0.4, -0.2) is 0 Å². The number of hydrogen-bond acceptors (Lipinski definition) is 4. The number of benzene rings is 1. The number of rotatable bonds is 0. The zero-order chi connectivity index (χ0) is 12.3. The first-order chi connectivity index (χ1) is 7.62. The molecule has 0 saturated carbocycles. The predicted octanol–water partition coefficient (Wildman–Crippen LogP) is 1.45. The molecule has 4 nitrogen and oxygen atoms in total. The van der Waals surface area contributed by atoms with Crippen molar-refractivity contribution in [1.82, 2.24) is 0 Å². The second-order valence-corrected chi connectivity index (χ2v) is 2.58. The fourth-order valence-corrected chi connectivity index (χ4v) is 1.11. The van der Waals surface area contributed by atoms with E-state index in [1.54, 1.807) is 0 Å². The molecule has 0 bridgehead atoms. The van der Waals surface area contributed by atoms with Crippen molar-refractivity contribution in [2.75, 3.05) is 0 Å². The first kappa shape index (κ1) is 11.1. The van der Waals surface area contributed by atoms with Gasteiger partial charge in [0.05, 0.1) is 0 Å². The summed E-state index contributed by atoms with van der Waals surface area (Å²) in [6.07, 6.45) is 0. The molecule has 0 radical (unpaired) electrons. The fraction of sp³-hybridized carbons (Fsp3) is 0. The first-order valence-electron chi connectivity index (χ1n) is 3.77. The summed E-state index contributed by atoms with van der Waals surface area (Å²) in [5.74, 6) is -2.70. The van der Waals surface area contributed by atoms with E-state index in [-0.39, 0.29) is 0 Å². The average Bonchev–Trinajstić information content (AvgIpc) is 2.30. The SMILES string of the molecule is N#Cc1c(F)c(C#N)c(C#N)c(F)c1C#N. The minimum atomic E-state index is -1.35. The van der Waals surface area contributed by atoms with Crippen molar-refractivity contribution in [1.29, 1.82) is 21.0 Å². The van der Waals surface area contributed by atoms with Crippen LogP contribution in [0.15, 0.2) is 0 Å². The monoisotopic (exact) mass is 214 g/mol. The summed E-state index contributed by atoms with van der Waals surface area (Å²) in [6.45, 7) is 0. The van der Waals surface area contributed by atoms with Crippen molar-refractivity contribution in [3.63, 3.8) is 0 Å². The van der Waals surface area contributed by atoms with Crippen molar-refractivity contribution < 1.29 is 8.78 Å². The molecule has 0 aromatic heterocycles. The minimum absolute atomic E-state index is 0.865. The number of halogens is 2. The summed E-state index contributed by atoms with van der Waals surface area (Å²) in [6, 6.07) is 5.13. The molecule has 0 atom stereocenters. The van der Waals surface area contributed by atoms with Gasteiger partial charge < -0.3 is 0 Å². The molecule has 0 amide bonds. The molecule has 6 heteroatoms. The largest absolute Gasteiger partial charge is 0.204 e. The lowest BCUT2D eigenvalue weighted by Gasteiger charge is -2.03. The van der Waals surface area contributed by atoms with Gasteiger partial charge in [0, 0.05) is 0 Å². The Bertz CT molecular complexity index is 525. The Hall–Kier alpha value is -2.96. The zero-order valence-corrected chi connectivity index (χ0v) is 7.54. The molecule has 74 valence electrons. The van der Waals surface area contributed by atoms with Crippen molar-refractivity contribution in [2.24, 2.45) is 0 Å². The van der Waals surface area contributed by atoms with Crippen molar-refractivity contribution in [2.45, 2.75) is 0 Å². The summed E-state index contributed by atoms with van der Waals surface area (Å²) in [5, 5.41) is 34.2. The Labute approximate surface area is 88.8 Å². The van der Waals surface area contributed by atoms with E-state index in [0.29, 0.717) is 0 Å². The van der Waals surface area contributed by atoms with Gasteiger partial charge in [0.15, 0.2) is 11.6 Å². The third-order valence-electron chi connectivity index (χ3n) is 1.83. The summed E-state index contributed by atoms with van der Waals surface area (Å²) < 4.78 is 26.9. The minimum Gasteiger partial charge on any atom is -0.204 e. The predicted molar refractivity (Wildman–Crippen MR) is 45.2 cm³/mol. The summed E-state index contributed by atoms with van der Waals surface area (Å²) in [4.78, 5) is 0. The zero-order valence-electron chi connectivity index (χ0n) is 7.54. The van der Waals surface area contributed by atoms with Crippen molar-refractivity contribution >= 4 is 0 Å². The lowest BCUT2D eigenvalue weighted by molar-refractivity contribution is 0.587. The number of nitriles is 4. The molecule has 0 fully saturated rings. The van der Waals surface area contributed by atoms with Crippen LogP contribution in [0.3, 0.4) is 0 Å². The molecule has 0 unspecified atom stereocenters. The third-order valence-corrected chi connectivity index (χ3v) is 1.83. The van der Waals surface area contributed by atoms with Crippen LogP contribution in [0.25, 0.3) is 0 Å². The maximum absolute atomic E-state index is 13.4. The molecule has 1 aromatic rings. The van der Waals surface area contributed by atoms with Crippen LogP contribution in [0.2, 0.25) is 0 Å². The Balaban J connectivity index is 3.98. The number of hydrogen-bond donors (Lipinski definition) is 0. The Kier molecular flexibility index (Phi) is 2.81. The van der Waals surface area contributed by atoms with Gasteiger partial charge in [0.2, 0.25) is 0 Å². The first-order valence-corrected chi connectivity index (χ1v) is 3.77.